The zero-order valence-electron chi connectivity index (χ0n) is 16.7. The Kier molecular flexibility index (Phi) is 6.38. The fourth-order valence-corrected chi connectivity index (χ4v) is 4.23. The standard InChI is InChI=1S/C26H28N2O/c29-26(25(22-13-6-2-7-14-22)23-15-8-3-9-16-23)27-24-17-10-18-28(20-24)19-21-11-4-1-5-12-21/h1-9,11-16,24-25H,10,17-20H2,(H,27,29)/t24-/m0/s1. The quantitative estimate of drug-likeness (QED) is 0.674. The third kappa shape index (κ3) is 5.12. The van der Waals surface area contributed by atoms with Crippen LogP contribution in [0.5, 0.6) is 0 Å². The van der Waals surface area contributed by atoms with Gasteiger partial charge in [-0.25, -0.2) is 0 Å². The second-order valence-electron chi connectivity index (χ2n) is 7.82. The number of hydrogen-bond donors (Lipinski definition) is 1. The molecule has 29 heavy (non-hydrogen) atoms. The van der Waals surface area contributed by atoms with Crippen molar-refractivity contribution < 1.29 is 4.79 Å². The van der Waals surface area contributed by atoms with Crippen LogP contribution in [0, 0.1) is 0 Å². The maximum absolute atomic E-state index is 13.3. The Morgan fingerprint density at radius 1 is 0.862 bits per heavy atom. The Morgan fingerprint density at radius 3 is 2.00 bits per heavy atom. The minimum atomic E-state index is -0.276. The molecule has 3 nitrogen and oxygen atoms in total. The van der Waals surface area contributed by atoms with Crippen LogP contribution in [0.4, 0.5) is 0 Å². The van der Waals surface area contributed by atoms with Gasteiger partial charge in [-0.2, -0.15) is 0 Å². The van der Waals surface area contributed by atoms with Crippen LogP contribution >= 0.6 is 0 Å². The van der Waals surface area contributed by atoms with Gasteiger partial charge < -0.3 is 5.32 Å². The molecule has 0 spiro atoms. The monoisotopic (exact) mass is 384 g/mol. The Labute approximate surface area is 173 Å². The van der Waals surface area contributed by atoms with Crippen LogP contribution in [0.25, 0.3) is 0 Å². The van der Waals surface area contributed by atoms with E-state index in [9.17, 15) is 4.79 Å². The second kappa shape index (κ2) is 9.53. The van der Waals surface area contributed by atoms with E-state index in [1.807, 2.05) is 60.7 Å². The summed E-state index contributed by atoms with van der Waals surface area (Å²) in [5.41, 5.74) is 3.40. The molecule has 148 valence electrons. The zero-order valence-corrected chi connectivity index (χ0v) is 16.7. The van der Waals surface area contributed by atoms with Crippen molar-refractivity contribution in [1.82, 2.24) is 10.2 Å². The van der Waals surface area contributed by atoms with Crippen molar-refractivity contribution in [3.63, 3.8) is 0 Å². The lowest BCUT2D eigenvalue weighted by Crippen LogP contribution is -2.48. The van der Waals surface area contributed by atoms with Crippen LogP contribution in [-0.2, 0) is 11.3 Å². The number of hydrogen-bond acceptors (Lipinski definition) is 2. The largest absolute Gasteiger partial charge is 0.351 e. The van der Waals surface area contributed by atoms with Crippen molar-refractivity contribution in [2.24, 2.45) is 0 Å². The molecule has 0 aliphatic carbocycles. The van der Waals surface area contributed by atoms with Crippen molar-refractivity contribution >= 4 is 5.91 Å². The van der Waals surface area contributed by atoms with E-state index in [1.54, 1.807) is 0 Å². The highest BCUT2D eigenvalue weighted by Crippen LogP contribution is 2.25. The van der Waals surface area contributed by atoms with Gasteiger partial charge >= 0.3 is 0 Å². The average Bonchev–Trinajstić information content (AvgIpc) is 2.76. The highest BCUT2D eigenvalue weighted by molar-refractivity contribution is 5.87. The first-order chi connectivity index (χ1) is 14.3. The van der Waals surface area contributed by atoms with Gasteiger partial charge in [0.2, 0.25) is 5.91 Å². The van der Waals surface area contributed by atoms with Gasteiger partial charge in [-0.05, 0) is 36.1 Å². The molecule has 4 rings (SSSR count). The molecule has 0 bridgehead atoms. The molecule has 1 saturated heterocycles. The van der Waals surface area contributed by atoms with Gasteiger partial charge in [0.15, 0.2) is 0 Å². The van der Waals surface area contributed by atoms with Crippen molar-refractivity contribution in [1.29, 1.82) is 0 Å². The molecule has 1 amide bonds. The van der Waals surface area contributed by atoms with Crippen molar-refractivity contribution in [2.75, 3.05) is 13.1 Å². The maximum atomic E-state index is 13.3. The molecule has 0 radical (unpaired) electrons. The van der Waals surface area contributed by atoms with Crippen LogP contribution in [0.2, 0.25) is 0 Å². The minimum Gasteiger partial charge on any atom is -0.351 e. The van der Waals surface area contributed by atoms with Crippen LogP contribution in [0.1, 0.15) is 35.4 Å². The van der Waals surface area contributed by atoms with Crippen LogP contribution in [-0.4, -0.2) is 29.9 Å². The number of nitrogens with one attached hydrogen (secondary N) is 1. The summed E-state index contributed by atoms with van der Waals surface area (Å²) in [4.78, 5) is 15.8. The number of amides is 1. The third-order valence-corrected chi connectivity index (χ3v) is 5.63. The third-order valence-electron chi connectivity index (χ3n) is 5.63. The van der Waals surface area contributed by atoms with Gasteiger partial charge in [-0.1, -0.05) is 91.0 Å². The second-order valence-corrected chi connectivity index (χ2v) is 7.82. The summed E-state index contributed by atoms with van der Waals surface area (Å²) in [5, 5.41) is 3.35. The number of piperidine rings is 1. The van der Waals surface area contributed by atoms with Crippen molar-refractivity contribution in [3.8, 4) is 0 Å². The normalized spacial score (nSPS) is 17.2. The Hall–Kier alpha value is -2.91. The number of carbonyl (C=O) groups is 1. The van der Waals surface area contributed by atoms with Crippen LogP contribution in [0.15, 0.2) is 91.0 Å². The van der Waals surface area contributed by atoms with E-state index in [2.05, 4.69) is 40.5 Å². The van der Waals surface area contributed by atoms with Gasteiger partial charge in [0, 0.05) is 19.1 Å². The van der Waals surface area contributed by atoms with Gasteiger partial charge in [-0.3, -0.25) is 9.69 Å². The lowest BCUT2D eigenvalue weighted by atomic mass is 9.90. The van der Waals surface area contributed by atoms with Gasteiger partial charge in [0.25, 0.3) is 0 Å². The molecule has 1 aliphatic rings. The SMILES string of the molecule is O=C(N[C@H]1CCCN(Cc2ccccc2)C1)C(c1ccccc1)c1ccccc1. The number of benzene rings is 3. The van der Waals surface area contributed by atoms with E-state index in [4.69, 9.17) is 0 Å². The molecule has 3 aromatic carbocycles. The van der Waals surface area contributed by atoms with E-state index in [-0.39, 0.29) is 17.9 Å². The highest BCUT2D eigenvalue weighted by atomic mass is 16.2. The molecular formula is C26H28N2O. The molecule has 1 heterocycles. The lowest BCUT2D eigenvalue weighted by molar-refractivity contribution is -0.122. The van der Waals surface area contributed by atoms with Crippen molar-refractivity contribution in [2.45, 2.75) is 31.3 Å². The number of nitrogens with zero attached hydrogens (tertiary/aromatic N) is 1. The van der Waals surface area contributed by atoms with E-state index < -0.39 is 0 Å². The Balaban J connectivity index is 1.46. The van der Waals surface area contributed by atoms with Crippen LogP contribution in [0.3, 0.4) is 0 Å². The number of rotatable bonds is 6. The predicted molar refractivity (Wildman–Crippen MR) is 118 cm³/mol. The molecule has 1 atom stereocenters. The van der Waals surface area contributed by atoms with E-state index in [0.717, 1.165) is 43.6 Å². The van der Waals surface area contributed by atoms with E-state index in [1.165, 1.54) is 5.56 Å². The Morgan fingerprint density at radius 2 is 1.41 bits per heavy atom. The van der Waals surface area contributed by atoms with Crippen LogP contribution < -0.4 is 5.32 Å². The number of carbonyl (C=O) groups excluding carboxylic acids is 1. The summed E-state index contributed by atoms with van der Waals surface area (Å²) >= 11 is 0. The molecule has 1 N–H and O–H groups in total. The van der Waals surface area contributed by atoms with Gasteiger partial charge in [0.1, 0.15) is 0 Å². The first-order valence-electron chi connectivity index (χ1n) is 10.5. The molecule has 1 fully saturated rings. The minimum absolute atomic E-state index is 0.0916. The summed E-state index contributed by atoms with van der Waals surface area (Å²) in [6.07, 6.45) is 2.15. The number of likely N-dealkylation sites (tertiary alicyclic amines) is 1. The summed E-state index contributed by atoms with van der Waals surface area (Å²) in [6, 6.07) is 30.9. The first kappa shape index (κ1) is 19.4. The fraction of sp³-hybridized carbons (Fsp3) is 0.269. The highest BCUT2D eigenvalue weighted by Gasteiger charge is 2.27. The zero-order chi connectivity index (χ0) is 19.9. The Bertz CT molecular complexity index is 856. The molecule has 3 heteroatoms. The van der Waals surface area contributed by atoms with Crippen molar-refractivity contribution in [3.05, 3.63) is 108 Å². The summed E-state index contributed by atoms with van der Waals surface area (Å²) in [7, 11) is 0. The average molecular weight is 385 g/mol. The van der Waals surface area contributed by atoms with E-state index in [0.29, 0.717) is 0 Å². The topological polar surface area (TPSA) is 32.3 Å². The summed E-state index contributed by atoms with van der Waals surface area (Å²) < 4.78 is 0. The molecule has 0 aromatic heterocycles. The first-order valence-corrected chi connectivity index (χ1v) is 10.5. The lowest BCUT2D eigenvalue weighted by Gasteiger charge is -2.34. The van der Waals surface area contributed by atoms with E-state index >= 15 is 0 Å². The maximum Gasteiger partial charge on any atom is 0.232 e. The molecular weight excluding hydrogens is 356 g/mol. The fourth-order valence-electron chi connectivity index (χ4n) is 4.23. The molecule has 0 unspecified atom stereocenters. The summed E-state index contributed by atoms with van der Waals surface area (Å²) in [5.74, 6) is -0.184. The molecule has 1 aliphatic heterocycles. The van der Waals surface area contributed by atoms with Gasteiger partial charge in [-0.15, -0.1) is 0 Å². The predicted octanol–water partition coefficient (Wildman–Crippen LogP) is 4.60. The smallest absolute Gasteiger partial charge is 0.232 e. The molecule has 0 saturated carbocycles. The summed E-state index contributed by atoms with van der Waals surface area (Å²) in [6.45, 7) is 2.92. The van der Waals surface area contributed by atoms with Gasteiger partial charge in [0.05, 0.1) is 5.92 Å². The molecule has 3 aromatic rings.